The summed E-state index contributed by atoms with van der Waals surface area (Å²) in [7, 11) is 2.09. The predicted molar refractivity (Wildman–Crippen MR) is 86.8 cm³/mol. The fraction of sp³-hybridized carbons (Fsp3) is 0.667. The summed E-state index contributed by atoms with van der Waals surface area (Å²) < 4.78 is 0. The summed E-state index contributed by atoms with van der Waals surface area (Å²) in [6.07, 6.45) is 1.31. The summed E-state index contributed by atoms with van der Waals surface area (Å²) in [5.74, 6) is 0.640. The second-order valence-electron chi connectivity index (χ2n) is 7.30. The highest BCUT2D eigenvalue weighted by Gasteiger charge is 2.37. The third-order valence-corrected chi connectivity index (χ3v) is 4.62. The molecule has 2 atom stereocenters. The number of benzene rings is 1. The Balaban J connectivity index is 2.23. The van der Waals surface area contributed by atoms with Crippen molar-refractivity contribution in [1.29, 1.82) is 0 Å². The molecule has 1 aliphatic rings. The second-order valence-corrected chi connectivity index (χ2v) is 7.30. The third-order valence-electron chi connectivity index (χ3n) is 4.62. The Bertz CT molecular complexity index is 411. The molecule has 0 bridgehead atoms. The minimum absolute atomic E-state index is 0.408. The van der Waals surface area contributed by atoms with Crippen LogP contribution in [0.1, 0.15) is 45.7 Å². The molecule has 0 radical (unpaired) electrons. The zero-order valence-corrected chi connectivity index (χ0v) is 13.7. The van der Waals surface area contributed by atoms with Crippen LogP contribution in [0.4, 0.5) is 0 Å². The van der Waals surface area contributed by atoms with Gasteiger partial charge >= 0.3 is 0 Å². The Morgan fingerprint density at radius 1 is 1.15 bits per heavy atom. The average molecular weight is 274 g/mol. The van der Waals surface area contributed by atoms with Crippen molar-refractivity contribution in [3.05, 3.63) is 35.9 Å². The van der Waals surface area contributed by atoms with Crippen LogP contribution in [-0.4, -0.2) is 31.1 Å². The van der Waals surface area contributed by atoms with Gasteiger partial charge in [-0.05, 0) is 36.9 Å². The van der Waals surface area contributed by atoms with E-state index in [0.717, 1.165) is 0 Å². The lowest BCUT2D eigenvalue weighted by Crippen LogP contribution is -2.46. The standard InChI is InChI=1S/C18H30N2/c1-14(2)17(20-12-11-18(3,4)13-20)16(19-5)15-9-7-6-8-10-15/h6-10,14,16-17,19H,11-13H2,1-5H3. The molecule has 1 aliphatic heterocycles. The molecule has 1 saturated heterocycles. The highest BCUT2D eigenvalue weighted by Crippen LogP contribution is 2.35. The van der Waals surface area contributed by atoms with Gasteiger partial charge in [-0.25, -0.2) is 0 Å². The van der Waals surface area contributed by atoms with E-state index in [-0.39, 0.29) is 0 Å². The first-order valence-electron chi connectivity index (χ1n) is 7.91. The maximum Gasteiger partial charge on any atom is 0.0478 e. The van der Waals surface area contributed by atoms with Crippen molar-refractivity contribution in [2.45, 2.75) is 46.2 Å². The Morgan fingerprint density at radius 2 is 1.80 bits per heavy atom. The zero-order chi connectivity index (χ0) is 14.8. The summed E-state index contributed by atoms with van der Waals surface area (Å²) in [5, 5.41) is 3.56. The topological polar surface area (TPSA) is 15.3 Å². The molecule has 0 amide bonds. The highest BCUT2D eigenvalue weighted by atomic mass is 15.2. The Hall–Kier alpha value is -0.860. The molecule has 1 aromatic rings. The summed E-state index contributed by atoms with van der Waals surface area (Å²) in [6.45, 7) is 11.9. The van der Waals surface area contributed by atoms with Gasteiger partial charge in [0.05, 0.1) is 0 Å². The summed E-state index contributed by atoms with van der Waals surface area (Å²) in [5.41, 5.74) is 1.86. The summed E-state index contributed by atoms with van der Waals surface area (Å²) >= 11 is 0. The van der Waals surface area contributed by atoms with Crippen LogP contribution in [0.3, 0.4) is 0 Å². The highest BCUT2D eigenvalue weighted by molar-refractivity contribution is 5.21. The van der Waals surface area contributed by atoms with Gasteiger partial charge in [0.15, 0.2) is 0 Å². The van der Waals surface area contributed by atoms with Crippen LogP contribution < -0.4 is 5.32 Å². The van der Waals surface area contributed by atoms with Gasteiger partial charge in [0.25, 0.3) is 0 Å². The lowest BCUT2D eigenvalue weighted by molar-refractivity contribution is 0.136. The van der Waals surface area contributed by atoms with Crippen LogP contribution in [0.15, 0.2) is 30.3 Å². The number of likely N-dealkylation sites (N-methyl/N-ethyl adjacent to an activating group) is 1. The minimum Gasteiger partial charge on any atom is -0.312 e. The van der Waals surface area contributed by atoms with Crippen molar-refractivity contribution in [2.75, 3.05) is 20.1 Å². The molecule has 1 aromatic carbocycles. The molecule has 1 heterocycles. The molecule has 1 fully saturated rings. The first-order valence-corrected chi connectivity index (χ1v) is 7.91. The molecule has 0 spiro atoms. The van der Waals surface area contributed by atoms with Crippen LogP contribution in [0.2, 0.25) is 0 Å². The maximum absolute atomic E-state index is 3.56. The molecular formula is C18H30N2. The maximum atomic E-state index is 3.56. The van der Waals surface area contributed by atoms with Crippen LogP contribution in [0, 0.1) is 11.3 Å². The fourth-order valence-electron chi connectivity index (χ4n) is 3.62. The van der Waals surface area contributed by atoms with E-state index >= 15 is 0 Å². The van der Waals surface area contributed by atoms with Crippen molar-refractivity contribution in [2.24, 2.45) is 11.3 Å². The fourth-order valence-corrected chi connectivity index (χ4v) is 3.62. The van der Waals surface area contributed by atoms with Gasteiger partial charge in [-0.2, -0.15) is 0 Å². The number of rotatable bonds is 5. The van der Waals surface area contributed by atoms with Crippen LogP contribution >= 0.6 is 0 Å². The van der Waals surface area contributed by atoms with Crippen molar-refractivity contribution < 1.29 is 0 Å². The molecule has 2 rings (SSSR count). The van der Waals surface area contributed by atoms with Gasteiger partial charge in [0.1, 0.15) is 0 Å². The normalized spacial score (nSPS) is 22.1. The first-order chi connectivity index (χ1) is 9.44. The first kappa shape index (κ1) is 15.5. The van der Waals surface area contributed by atoms with Crippen LogP contribution in [0.25, 0.3) is 0 Å². The molecule has 112 valence electrons. The second kappa shape index (κ2) is 6.28. The molecule has 0 aliphatic carbocycles. The molecule has 2 unspecified atom stereocenters. The Kier molecular flexibility index (Phi) is 4.87. The molecule has 1 N–H and O–H groups in total. The van der Waals surface area contributed by atoms with Crippen LogP contribution in [-0.2, 0) is 0 Å². The number of nitrogens with one attached hydrogen (secondary N) is 1. The van der Waals surface area contributed by atoms with Crippen LogP contribution in [0.5, 0.6) is 0 Å². The smallest absolute Gasteiger partial charge is 0.0478 e. The molecule has 20 heavy (non-hydrogen) atoms. The van der Waals surface area contributed by atoms with E-state index < -0.39 is 0 Å². The van der Waals surface area contributed by atoms with Gasteiger partial charge in [0.2, 0.25) is 0 Å². The van der Waals surface area contributed by atoms with E-state index in [4.69, 9.17) is 0 Å². The summed E-state index contributed by atoms with van der Waals surface area (Å²) in [6, 6.07) is 11.8. The lowest BCUT2D eigenvalue weighted by atomic mass is 9.89. The van der Waals surface area contributed by atoms with Gasteiger partial charge in [-0.3, -0.25) is 4.90 Å². The van der Waals surface area contributed by atoms with Gasteiger partial charge in [0, 0.05) is 18.6 Å². The van der Waals surface area contributed by atoms with Gasteiger partial charge in [-0.15, -0.1) is 0 Å². The lowest BCUT2D eigenvalue weighted by Gasteiger charge is -2.38. The van der Waals surface area contributed by atoms with E-state index in [9.17, 15) is 0 Å². The van der Waals surface area contributed by atoms with Gasteiger partial charge < -0.3 is 5.32 Å². The minimum atomic E-state index is 0.408. The molecular weight excluding hydrogens is 244 g/mol. The number of likely N-dealkylation sites (tertiary alicyclic amines) is 1. The number of nitrogens with zero attached hydrogens (tertiary/aromatic N) is 1. The monoisotopic (exact) mass is 274 g/mol. The Labute approximate surface area is 124 Å². The van der Waals surface area contributed by atoms with Crippen molar-refractivity contribution in [1.82, 2.24) is 10.2 Å². The number of hydrogen-bond donors (Lipinski definition) is 1. The average Bonchev–Trinajstić information content (AvgIpc) is 2.76. The van der Waals surface area contributed by atoms with Crippen molar-refractivity contribution in [3.8, 4) is 0 Å². The van der Waals surface area contributed by atoms with Crippen molar-refractivity contribution >= 4 is 0 Å². The van der Waals surface area contributed by atoms with E-state index in [2.05, 4.69) is 75.3 Å². The van der Waals surface area contributed by atoms with E-state index in [1.54, 1.807) is 0 Å². The molecule has 0 saturated carbocycles. The molecule has 2 heteroatoms. The largest absolute Gasteiger partial charge is 0.312 e. The van der Waals surface area contributed by atoms with E-state index in [1.165, 1.54) is 25.1 Å². The predicted octanol–water partition coefficient (Wildman–Crippen LogP) is 3.70. The SMILES string of the molecule is CNC(c1ccccc1)C(C(C)C)N1CCC(C)(C)C1. The molecule has 2 nitrogen and oxygen atoms in total. The van der Waals surface area contributed by atoms with Gasteiger partial charge in [-0.1, -0.05) is 58.0 Å². The quantitative estimate of drug-likeness (QED) is 0.880. The molecule has 0 aromatic heterocycles. The third kappa shape index (κ3) is 3.42. The van der Waals surface area contributed by atoms with E-state index in [1.807, 2.05) is 0 Å². The Morgan fingerprint density at radius 3 is 2.25 bits per heavy atom. The van der Waals surface area contributed by atoms with E-state index in [0.29, 0.717) is 23.4 Å². The number of hydrogen-bond acceptors (Lipinski definition) is 2. The summed E-state index contributed by atoms with van der Waals surface area (Å²) in [4.78, 5) is 2.69. The zero-order valence-electron chi connectivity index (χ0n) is 13.7. The van der Waals surface area contributed by atoms with Crippen molar-refractivity contribution in [3.63, 3.8) is 0 Å².